The lowest BCUT2D eigenvalue weighted by Crippen LogP contribution is -1.91. The van der Waals surface area contributed by atoms with Crippen LogP contribution in [0.2, 0.25) is 0 Å². The Kier molecular flexibility index (Phi) is 4.63. The van der Waals surface area contributed by atoms with Gasteiger partial charge in [-0.05, 0) is 35.9 Å². The fourth-order valence-electron chi connectivity index (χ4n) is 1.98. The van der Waals surface area contributed by atoms with Crippen LogP contribution in [0.15, 0.2) is 36.4 Å². The third-order valence-electron chi connectivity index (χ3n) is 3.07. The molecule has 0 spiro atoms. The zero-order valence-corrected chi connectivity index (χ0v) is 12.1. The molecule has 2 aromatic carbocycles. The van der Waals surface area contributed by atoms with E-state index in [9.17, 15) is 15.2 Å². The molecule has 0 aromatic heterocycles. The summed E-state index contributed by atoms with van der Waals surface area (Å²) in [6.45, 7) is 0. The molecule has 0 radical (unpaired) electrons. The lowest BCUT2D eigenvalue weighted by atomic mass is 10.1. The summed E-state index contributed by atoms with van der Waals surface area (Å²) in [5.41, 5.74) is 1.03. The smallest absolute Gasteiger partial charge is 0.276 e. The Morgan fingerprint density at radius 1 is 1.05 bits per heavy atom. The molecule has 0 aliphatic carbocycles. The Morgan fingerprint density at radius 3 is 2.41 bits per heavy atom. The van der Waals surface area contributed by atoms with E-state index in [0.29, 0.717) is 17.1 Å². The van der Waals surface area contributed by atoms with Gasteiger partial charge in [-0.2, -0.15) is 0 Å². The van der Waals surface area contributed by atoms with Gasteiger partial charge in [-0.25, -0.2) is 0 Å². The van der Waals surface area contributed by atoms with Crippen molar-refractivity contribution in [2.75, 3.05) is 14.2 Å². The van der Waals surface area contributed by atoms with Crippen molar-refractivity contribution in [3.8, 4) is 17.2 Å². The highest BCUT2D eigenvalue weighted by molar-refractivity contribution is 5.75. The maximum atomic E-state index is 11.0. The first-order valence-corrected chi connectivity index (χ1v) is 6.42. The Labute approximate surface area is 127 Å². The summed E-state index contributed by atoms with van der Waals surface area (Å²) in [5, 5.41) is 20.5. The van der Waals surface area contributed by atoms with Crippen LogP contribution < -0.4 is 9.47 Å². The second-order valence-corrected chi connectivity index (χ2v) is 4.45. The van der Waals surface area contributed by atoms with E-state index < -0.39 is 4.92 Å². The molecule has 0 atom stereocenters. The minimum atomic E-state index is -0.492. The minimum Gasteiger partial charge on any atom is -0.508 e. The number of benzene rings is 2. The molecule has 1 N–H and O–H groups in total. The van der Waals surface area contributed by atoms with Crippen LogP contribution in [0.1, 0.15) is 11.1 Å². The monoisotopic (exact) mass is 301 g/mol. The van der Waals surface area contributed by atoms with E-state index in [-0.39, 0.29) is 11.4 Å². The second kappa shape index (κ2) is 6.62. The number of rotatable bonds is 5. The number of nitrogens with zero attached hydrogens (tertiary/aromatic N) is 1. The maximum absolute atomic E-state index is 11.0. The molecule has 2 rings (SSSR count). The number of aromatic hydroxyl groups is 1. The molecule has 0 saturated heterocycles. The number of nitro benzene ring substituents is 1. The molecule has 0 aliphatic heterocycles. The highest BCUT2D eigenvalue weighted by Gasteiger charge is 2.11. The maximum Gasteiger partial charge on any atom is 0.276 e. The van der Waals surface area contributed by atoms with Crippen LogP contribution in [0.4, 0.5) is 5.69 Å². The first-order chi connectivity index (χ1) is 10.5. The van der Waals surface area contributed by atoms with Crippen LogP contribution in [-0.4, -0.2) is 24.2 Å². The van der Waals surface area contributed by atoms with Crippen molar-refractivity contribution < 1.29 is 19.5 Å². The SMILES string of the molecule is COc1ccc(/C=C/c2cc(O)ccc2[N+](=O)[O-])cc1OC. The van der Waals surface area contributed by atoms with Gasteiger partial charge in [0.2, 0.25) is 0 Å². The van der Waals surface area contributed by atoms with Crippen molar-refractivity contribution in [3.63, 3.8) is 0 Å². The Hall–Kier alpha value is -3.02. The summed E-state index contributed by atoms with van der Waals surface area (Å²) in [7, 11) is 3.08. The molecule has 0 amide bonds. The van der Waals surface area contributed by atoms with Crippen LogP contribution in [-0.2, 0) is 0 Å². The van der Waals surface area contributed by atoms with Gasteiger partial charge in [0.1, 0.15) is 5.75 Å². The van der Waals surface area contributed by atoms with Crippen LogP contribution in [0.25, 0.3) is 12.2 Å². The highest BCUT2D eigenvalue weighted by Crippen LogP contribution is 2.29. The average molecular weight is 301 g/mol. The molecule has 0 unspecified atom stereocenters. The van der Waals surface area contributed by atoms with Gasteiger partial charge in [0.15, 0.2) is 11.5 Å². The summed E-state index contributed by atoms with van der Waals surface area (Å²) in [5.74, 6) is 1.13. The second-order valence-electron chi connectivity index (χ2n) is 4.45. The molecular formula is C16H15NO5. The zero-order chi connectivity index (χ0) is 16.1. The average Bonchev–Trinajstić information content (AvgIpc) is 2.52. The van der Waals surface area contributed by atoms with E-state index in [2.05, 4.69) is 0 Å². The molecule has 0 fully saturated rings. The van der Waals surface area contributed by atoms with E-state index in [1.165, 1.54) is 25.3 Å². The minimum absolute atomic E-state index is 0.0300. The van der Waals surface area contributed by atoms with E-state index >= 15 is 0 Å². The Bertz CT molecular complexity index is 724. The van der Waals surface area contributed by atoms with E-state index in [0.717, 1.165) is 5.56 Å². The van der Waals surface area contributed by atoms with Gasteiger partial charge in [-0.1, -0.05) is 12.1 Å². The number of nitro groups is 1. The van der Waals surface area contributed by atoms with Gasteiger partial charge in [0, 0.05) is 6.07 Å². The normalized spacial score (nSPS) is 10.6. The van der Waals surface area contributed by atoms with Gasteiger partial charge in [-0.15, -0.1) is 0 Å². The van der Waals surface area contributed by atoms with Gasteiger partial charge < -0.3 is 14.6 Å². The summed E-state index contributed by atoms with van der Waals surface area (Å²) in [6.07, 6.45) is 3.27. The topological polar surface area (TPSA) is 81.8 Å². The number of methoxy groups -OCH3 is 2. The van der Waals surface area contributed by atoms with E-state index in [1.54, 1.807) is 37.5 Å². The molecule has 6 heteroatoms. The molecule has 6 nitrogen and oxygen atoms in total. The fourth-order valence-corrected chi connectivity index (χ4v) is 1.98. The molecule has 0 aliphatic rings. The Morgan fingerprint density at radius 2 is 1.77 bits per heavy atom. The fraction of sp³-hybridized carbons (Fsp3) is 0.125. The van der Waals surface area contributed by atoms with Gasteiger partial charge in [-0.3, -0.25) is 10.1 Å². The number of hydrogen-bond donors (Lipinski definition) is 1. The quantitative estimate of drug-likeness (QED) is 0.519. The summed E-state index contributed by atoms with van der Waals surface area (Å²) < 4.78 is 10.4. The highest BCUT2D eigenvalue weighted by atomic mass is 16.6. The van der Waals surface area contributed by atoms with Crippen molar-refractivity contribution in [1.82, 2.24) is 0 Å². The largest absolute Gasteiger partial charge is 0.508 e. The van der Waals surface area contributed by atoms with E-state index in [1.807, 2.05) is 0 Å². The lowest BCUT2D eigenvalue weighted by Gasteiger charge is -2.07. The van der Waals surface area contributed by atoms with E-state index in [4.69, 9.17) is 9.47 Å². The van der Waals surface area contributed by atoms with Crippen molar-refractivity contribution in [2.45, 2.75) is 0 Å². The number of ether oxygens (including phenoxy) is 2. The van der Waals surface area contributed by atoms with Crippen molar-refractivity contribution in [1.29, 1.82) is 0 Å². The molecule has 2 aromatic rings. The Balaban J connectivity index is 2.36. The molecule has 0 bridgehead atoms. The number of phenolic OH excluding ortho intramolecular Hbond substituents is 1. The van der Waals surface area contributed by atoms with Crippen LogP contribution in [0, 0.1) is 10.1 Å². The third-order valence-corrected chi connectivity index (χ3v) is 3.07. The third kappa shape index (κ3) is 3.35. The molecule has 0 heterocycles. The van der Waals surface area contributed by atoms with Crippen molar-refractivity contribution in [3.05, 3.63) is 57.6 Å². The molecule has 114 valence electrons. The summed E-state index contributed by atoms with van der Waals surface area (Å²) in [4.78, 5) is 10.5. The van der Waals surface area contributed by atoms with Crippen LogP contribution in [0.5, 0.6) is 17.2 Å². The number of phenols is 1. The summed E-state index contributed by atoms with van der Waals surface area (Å²) >= 11 is 0. The van der Waals surface area contributed by atoms with Gasteiger partial charge >= 0.3 is 0 Å². The number of hydrogen-bond acceptors (Lipinski definition) is 5. The van der Waals surface area contributed by atoms with Crippen LogP contribution in [0.3, 0.4) is 0 Å². The van der Waals surface area contributed by atoms with Gasteiger partial charge in [0.25, 0.3) is 5.69 Å². The standard InChI is InChI=1S/C16H15NO5/c1-21-15-8-4-11(9-16(15)22-2)3-5-12-10-13(18)6-7-14(12)17(19)20/h3-10,18H,1-2H3/b5-3+. The van der Waals surface area contributed by atoms with Gasteiger partial charge in [0.05, 0.1) is 24.7 Å². The molecule has 0 saturated carbocycles. The molecule has 22 heavy (non-hydrogen) atoms. The zero-order valence-electron chi connectivity index (χ0n) is 12.1. The molecular weight excluding hydrogens is 286 g/mol. The predicted octanol–water partition coefficient (Wildman–Crippen LogP) is 3.49. The summed E-state index contributed by atoms with van der Waals surface area (Å²) in [6, 6.07) is 9.19. The first-order valence-electron chi connectivity index (χ1n) is 6.42. The lowest BCUT2D eigenvalue weighted by molar-refractivity contribution is -0.385. The first kappa shape index (κ1) is 15.4. The van der Waals surface area contributed by atoms with Crippen LogP contribution >= 0.6 is 0 Å². The van der Waals surface area contributed by atoms with Crippen molar-refractivity contribution in [2.24, 2.45) is 0 Å². The predicted molar refractivity (Wildman–Crippen MR) is 83.2 cm³/mol. The van der Waals surface area contributed by atoms with Crippen molar-refractivity contribution >= 4 is 17.8 Å².